The standard InChI is InChI=1S/C24H24N2O2S.ClH/c1-14(25-17-4-2-3-5-17)15-6-8-16(9-7-15)21-20(27)11-10-19-22(21)18-12-13-29-23(18)24(28)26-19;/h6-14,17,25,27H,2-5H2,1H3,(H,26,28);1H. The van der Waals surface area contributed by atoms with Gasteiger partial charge in [0.15, 0.2) is 0 Å². The fourth-order valence-corrected chi connectivity index (χ4v) is 5.40. The van der Waals surface area contributed by atoms with Crippen molar-refractivity contribution in [2.45, 2.75) is 44.7 Å². The van der Waals surface area contributed by atoms with Gasteiger partial charge >= 0.3 is 0 Å². The van der Waals surface area contributed by atoms with Crippen molar-refractivity contribution in [1.82, 2.24) is 10.3 Å². The summed E-state index contributed by atoms with van der Waals surface area (Å²) in [4.78, 5) is 15.3. The minimum absolute atomic E-state index is 0. The molecule has 1 unspecified atom stereocenters. The van der Waals surface area contributed by atoms with E-state index in [0.29, 0.717) is 16.8 Å². The van der Waals surface area contributed by atoms with Gasteiger partial charge < -0.3 is 15.4 Å². The molecule has 1 aliphatic rings. The summed E-state index contributed by atoms with van der Waals surface area (Å²) in [5.74, 6) is 0.224. The molecule has 2 heterocycles. The van der Waals surface area contributed by atoms with Crippen LogP contribution in [-0.2, 0) is 0 Å². The molecule has 0 aliphatic heterocycles. The third kappa shape index (κ3) is 3.62. The average molecular weight is 441 g/mol. The average Bonchev–Trinajstić information content (AvgIpc) is 3.41. The Balaban J connectivity index is 0.00000218. The topological polar surface area (TPSA) is 65.1 Å². The van der Waals surface area contributed by atoms with Gasteiger partial charge in [-0.1, -0.05) is 37.1 Å². The zero-order valence-corrected chi connectivity index (χ0v) is 18.4. The van der Waals surface area contributed by atoms with Crippen LogP contribution in [-0.4, -0.2) is 16.1 Å². The van der Waals surface area contributed by atoms with Crippen molar-refractivity contribution >= 4 is 44.7 Å². The van der Waals surface area contributed by atoms with Crippen LogP contribution in [0.1, 0.15) is 44.2 Å². The first-order chi connectivity index (χ1) is 14.1. The van der Waals surface area contributed by atoms with Crippen molar-refractivity contribution in [2.24, 2.45) is 0 Å². The first-order valence-corrected chi connectivity index (χ1v) is 11.1. The number of hydrogen-bond donors (Lipinski definition) is 3. The Morgan fingerprint density at radius 2 is 1.83 bits per heavy atom. The number of pyridine rings is 1. The van der Waals surface area contributed by atoms with Gasteiger partial charge in [-0.05, 0) is 54.5 Å². The molecular formula is C24H25ClN2O2S. The van der Waals surface area contributed by atoms with Gasteiger partial charge in [-0.2, -0.15) is 0 Å². The zero-order chi connectivity index (χ0) is 20.0. The lowest BCUT2D eigenvalue weighted by Gasteiger charge is -2.20. The maximum absolute atomic E-state index is 12.3. The van der Waals surface area contributed by atoms with Crippen molar-refractivity contribution in [2.75, 3.05) is 0 Å². The molecule has 0 radical (unpaired) electrons. The quantitative estimate of drug-likeness (QED) is 0.357. The van der Waals surface area contributed by atoms with Gasteiger partial charge in [0, 0.05) is 33.9 Å². The summed E-state index contributed by atoms with van der Waals surface area (Å²) < 4.78 is 0.690. The molecule has 3 N–H and O–H groups in total. The van der Waals surface area contributed by atoms with Gasteiger partial charge in [0.05, 0.1) is 0 Å². The SMILES string of the molecule is CC(NC1CCCC1)c1ccc(-c2c(O)ccc3[nH]c(=O)c4sccc4c23)cc1.Cl. The number of aromatic hydroxyl groups is 1. The molecule has 4 nitrogen and oxygen atoms in total. The molecule has 0 saturated heterocycles. The molecule has 1 fully saturated rings. The second-order valence-corrected chi connectivity index (χ2v) is 8.91. The Kier molecular flexibility index (Phi) is 5.87. The zero-order valence-electron chi connectivity index (χ0n) is 16.8. The third-order valence-corrected chi connectivity index (χ3v) is 7.03. The van der Waals surface area contributed by atoms with Crippen LogP contribution >= 0.6 is 23.7 Å². The van der Waals surface area contributed by atoms with Gasteiger partial charge in [0.2, 0.25) is 0 Å². The lowest BCUT2D eigenvalue weighted by molar-refractivity contribution is 0.461. The smallest absolute Gasteiger partial charge is 0.266 e. The summed E-state index contributed by atoms with van der Waals surface area (Å²) >= 11 is 1.43. The highest BCUT2D eigenvalue weighted by molar-refractivity contribution is 7.17. The van der Waals surface area contributed by atoms with Crippen molar-refractivity contribution in [3.8, 4) is 16.9 Å². The maximum Gasteiger partial charge on any atom is 0.266 e. The lowest BCUT2D eigenvalue weighted by atomic mass is 9.95. The number of rotatable bonds is 4. The fourth-order valence-electron chi connectivity index (χ4n) is 4.61. The second-order valence-electron chi connectivity index (χ2n) is 7.99. The minimum atomic E-state index is -0.0821. The van der Waals surface area contributed by atoms with E-state index < -0.39 is 0 Å². The third-order valence-electron chi connectivity index (χ3n) is 6.11. The Labute approximate surface area is 185 Å². The highest BCUT2D eigenvalue weighted by Crippen LogP contribution is 2.39. The van der Waals surface area contributed by atoms with Gasteiger partial charge in [-0.3, -0.25) is 4.79 Å². The maximum atomic E-state index is 12.3. The van der Waals surface area contributed by atoms with Crippen LogP contribution in [0.2, 0.25) is 0 Å². The largest absolute Gasteiger partial charge is 0.507 e. The number of benzene rings is 2. The molecule has 156 valence electrons. The van der Waals surface area contributed by atoms with Crippen molar-refractivity contribution < 1.29 is 5.11 Å². The molecule has 30 heavy (non-hydrogen) atoms. The number of halogens is 1. The number of fused-ring (bicyclic) bond motifs is 3. The Hall–Kier alpha value is -2.34. The predicted molar refractivity (Wildman–Crippen MR) is 128 cm³/mol. The number of H-pyrrole nitrogens is 1. The van der Waals surface area contributed by atoms with E-state index in [0.717, 1.165) is 27.4 Å². The molecule has 1 saturated carbocycles. The monoisotopic (exact) mass is 440 g/mol. The number of aromatic nitrogens is 1. The van der Waals surface area contributed by atoms with Gasteiger partial charge in [-0.15, -0.1) is 23.7 Å². The highest BCUT2D eigenvalue weighted by atomic mass is 35.5. The summed E-state index contributed by atoms with van der Waals surface area (Å²) in [5.41, 5.74) is 3.62. The number of hydrogen-bond acceptors (Lipinski definition) is 4. The van der Waals surface area contributed by atoms with Gasteiger partial charge in [-0.25, -0.2) is 0 Å². The highest BCUT2D eigenvalue weighted by Gasteiger charge is 2.19. The molecule has 0 amide bonds. The van der Waals surface area contributed by atoms with Crippen LogP contribution < -0.4 is 10.9 Å². The summed E-state index contributed by atoms with van der Waals surface area (Å²) in [6.45, 7) is 2.21. The molecule has 5 rings (SSSR count). The van der Waals surface area contributed by atoms with Crippen LogP contribution in [0.3, 0.4) is 0 Å². The molecule has 0 bridgehead atoms. The molecule has 6 heteroatoms. The van der Waals surface area contributed by atoms with E-state index in [4.69, 9.17) is 0 Å². The van der Waals surface area contributed by atoms with Crippen molar-refractivity contribution in [1.29, 1.82) is 0 Å². The molecule has 2 aromatic heterocycles. The summed E-state index contributed by atoms with van der Waals surface area (Å²) in [6, 6.07) is 14.7. The van der Waals surface area contributed by atoms with E-state index in [1.54, 1.807) is 12.1 Å². The van der Waals surface area contributed by atoms with E-state index in [9.17, 15) is 9.90 Å². The van der Waals surface area contributed by atoms with Crippen LogP contribution in [0.5, 0.6) is 5.75 Å². The second kappa shape index (κ2) is 8.42. The lowest BCUT2D eigenvalue weighted by Crippen LogP contribution is -2.28. The molecular weight excluding hydrogens is 416 g/mol. The van der Waals surface area contributed by atoms with E-state index in [2.05, 4.69) is 41.5 Å². The fraction of sp³-hybridized carbons (Fsp3) is 0.292. The number of phenols is 1. The number of phenolic OH excluding ortho intramolecular Hbond substituents is 1. The normalized spacial score (nSPS) is 15.5. The van der Waals surface area contributed by atoms with Gasteiger partial charge in [0.25, 0.3) is 5.56 Å². The summed E-state index contributed by atoms with van der Waals surface area (Å²) in [6.07, 6.45) is 5.17. The summed E-state index contributed by atoms with van der Waals surface area (Å²) in [5, 5.41) is 18.1. The molecule has 0 spiro atoms. The Bertz CT molecular complexity index is 1240. The number of thiophene rings is 1. The van der Waals surface area contributed by atoms with E-state index >= 15 is 0 Å². The van der Waals surface area contributed by atoms with Gasteiger partial charge in [0.1, 0.15) is 10.4 Å². The summed E-state index contributed by atoms with van der Waals surface area (Å²) in [7, 11) is 0. The first-order valence-electron chi connectivity index (χ1n) is 10.2. The molecule has 2 aromatic carbocycles. The Morgan fingerprint density at radius 1 is 1.10 bits per heavy atom. The van der Waals surface area contributed by atoms with Crippen LogP contribution in [0.15, 0.2) is 52.6 Å². The minimum Gasteiger partial charge on any atom is -0.507 e. The number of nitrogens with one attached hydrogen (secondary N) is 2. The van der Waals surface area contributed by atoms with E-state index in [1.165, 1.54) is 42.6 Å². The first kappa shape index (κ1) is 20.9. The molecule has 1 atom stereocenters. The molecule has 4 aromatic rings. The Morgan fingerprint density at radius 3 is 2.57 bits per heavy atom. The van der Waals surface area contributed by atoms with E-state index in [1.807, 2.05) is 11.4 Å². The molecule has 1 aliphatic carbocycles. The number of aromatic amines is 1. The predicted octanol–water partition coefficient (Wildman–Crippen LogP) is 6.13. The van der Waals surface area contributed by atoms with Crippen LogP contribution in [0.4, 0.5) is 0 Å². The van der Waals surface area contributed by atoms with Crippen molar-refractivity contribution in [3.63, 3.8) is 0 Å². The van der Waals surface area contributed by atoms with Crippen LogP contribution in [0, 0.1) is 0 Å². The van der Waals surface area contributed by atoms with E-state index in [-0.39, 0.29) is 23.7 Å². The van der Waals surface area contributed by atoms with Crippen molar-refractivity contribution in [3.05, 3.63) is 63.8 Å². The van der Waals surface area contributed by atoms with Crippen LogP contribution in [0.25, 0.3) is 32.1 Å².